The standard InChI is InChI=1S/C28H19BrN2O5S/c29-22-12-13-25(36-17-20-9-5-8-18-6-1-3-10-23(18)20)21(14-22)15-26-27(32)30(28(33)37-26)16-19-7-2-4-11-24(19)31(34)35/h1-15H,16-17H2/b26-15-. The van der Waals surface area contributed by atoms with E-state index in [-0.39, 0.29) is 22.7 Å². The monoisotopic (exact) mass is 574 g/mol. The smallest absolute Gasteiger partial charge is 0.293 e. The predicted octanol–water partition coefficient (Wildman–Crippen LogP) is 7.33. The highest BCUT2D eigenvalue weighted by molar-refractivity contribution is 9.10. The van der Waals surface area contributed by atoms with Gasteiger partial charge in [0, 0.05) is 21.7 Å². The number of fused-ring (bicyclic) bond motifs is 1. The molecule has 1 aliphatic heterocycles. The van der Waals surface area contributed by atoms with Gasteiger partial charge in [0.1, 0.15) is 12.4 Å². The molecular formula is C28H19BrN2O5S. The van der Waals surface area contributed by atoms with E-state index in [1.54, 1.807) is 30.3 Å². The zero-order chi connectivity index (χ0) is 25.9. The van der Waals surface area contributed by atoms with Gasteiger partial charge in [-0.3, -0.25) is 24.6 Å². The summed E-state index contributed by atoms with van der Waals surface area (Å²) in [5.41, 5.74) is 1.81. The van der Waals surface area contributed by atoms with E-state index in [1.165, 1.54) is 6.07 Å². The molecule has 184 valence electrons. The number of rotatable bonds is 7. The molecule has 0 saturated carbocycles. The lowest BCUT2D eigenvalue weighted by atomic mass is 10.1. The summed E-state index contributed by atoms with van der Waals surface area (Å²) >= 11 is 4.26. The van der Waals surface area contributed by atoms with E-state index in [2.05, 4.69) is 15.9 Å². The number of hydrogen-bond donors (Lipinski definition) is 0. The second-order valence-electron chi connectivity index (χ2n) is 8.26. The number of carbonyl (C=O) groups is 2. The lowest BCUT2D eigenvalue weighted by Gasteiger charge is -2.13. The van der Waals surface area contributed by atoms with Crippen molar-refractivity contribution in [2.75, 3.05) is 0 Å². The van der Waals surface area contributed by atoms with Crippen LogP contribution in [-0.2, 0) is 17.9 Å². The van der Waals surface area contributed by atoms with Crippen molar-refractivity contribution in [1.29, 1.82) is 0 Å². The van der Waals surface area contributed by atoms with Crippen LogP contribution in [0.25, 0.3) is 16.8 Å². The van der Waals surface area contributed by atoms with E-state index in [4.69, 9.17) is 4.74 Å². The minimum Gasteiger partial charge on any atom is -0.488 e. The Labute approximate surface area is 225 Å². The number of carbonyl (C=O) groups excluding carboxylic acids is 2. The highest BCUT2D eigenvalue weighted by Gasteiger charge is 2.36. The van der Waals surface area contributed by atoms with Gasteiger partial charge < -0.3 is 4.74 Å². The fourth-order valence-electron chi connectivity index (χ4n) is 4.11. The van der Waals surface area contributed by atoms with Crippen LogP contribution in [0.4, 0.5) is 10.5 Å². The number of ether oxygens (including phenoxy) is 1. The van der Waals surface area contributed by atoms with E-state index >= 15 is 0 Å². The Bertz CT molecular complexity index is 1580. The molecule has 9 heteroatoms. The molecule has 0 radical (unpaired) electrons. The van der Waals surface area contributed by atoms with Crippen molar-refractivity contribution in [1.82, 2.24) is 4.90 Å². The second kappa shape index (κ2) is 10.6. The van der Waals surface area contributed by atoms with Gasteiger partial charge in [0.25, 0.3) is 16.8 Å². The zero-order valence-electron chi connectivity index (χ0n) is 19.3. The Morgan fingerprint density at radius 2 is 1.68 bits per heavy atom. The predicted molar refractivity (Wildman–Crippen MR) is 147 cm³/mol. The molecule has 2 amide bonds. The first-order valence-electron chi connectivity index (χ1n) is 11.3. The Balaban J connectivity index is 1.40. The van der Waals surface area contributed by atoms with Crippen molar-refractivity contribution >= 4 is 61.4 Å². The molecule has 0 aliphatic carbocycles. The molecule has 0 unspecified atom stereocenters. The third-order valence-corrected chi connectivity index (χ3v) is 7.31. The van der Waals surface area contributed by atoms with E-state index in [0.717, 1.165) is 37.5 Å². The number of halogens is 1. The summed E-state index contributed by atoms with van der Waals surface area (Å²) in [4.78, 5) is 37.9. The maximum Gasteiger partial charge on any atom is 0.293 e. The number of nitro groups is 1. The summed E-state index contributed by atoms with van der Waals surface area (Å²) in [5.74, 6) is 0.0507. The highest BCUT2D eigenvalue weighted by atomic mass is 79.9. The molecule has 0 aromatic heterocycles. The lowest BCUT2D eigenvalue weighted by molar-refractivity contribution is -0.385. The third-order valence-electron chi connectivity index (χ3n) is 5.91. The van der Waals surface area contributed by atoms with Crippen molar-refractivity contribution in [2.24, 2.45) is 0 Å². The van der Waals surface area contributed by atoms with Crippen molar-refractivity contribution in [3.05, 3.63) is 121 Å². The van der Waals surface area contributed by atoms with Crippen molar-refractivity contribution in [2.45, 2.75) is 13.2 Å². The number of para-hydroxylation sites is 1. The Hall–Kier alpha value is -3.95. The summed E-state index contributed by atoms with van der Waals surface area (Å²) in [5, 5.41) is 13.1. The average Bonchev–Trinajstić information content (AvgIpc) is 3.15. The van der Waals surface area contributed by atoms with Crippen LogP contribution in [0, 0.1) is 10.1 Å². The van der Waals surface area contributed by atoms with Gasteiger partial charge in [0.15, 0.2) is 0 Å². The fraction of sp³-hybridized carbons (Fsp3) is 0.0714. The summed E-state index contributed by atoms with van der Waals surface area (Å²) in [7, 11) is 0. The van der Waals surface area contributed by atoms with E-state index < -0.39 is 16.1 Å². The van der Waals surface area contributed by atoms with Crippen LogP contribution in [0.1, 0.15) is 16.7 Å². The number of hydrogen-bond acceptors (Lipinski definition) is 6. The molecule has 0 N–H and O–H groups in total. The molecule has 1 heterocycles. The second-order valence-corrected chi connectivity index (χ2v) is 10.2. The van der Waals surface area contributed by atoms with E-state index in [0.29, 0.717) is 17.9 Å². The van der Waals surface area contributed by atoms with Gasteiger partial charge in [-0.25, -0.2) is 0 Å². The molecule has 4 aromatic rings. The Morgan fingerprint density at radius 1 is 0.946 bits per heavy atom. The SMILES string of the molecule is O=C1S/C(=C\c2cc(Br)ccc2OCc2cccc3ccccc23)C(=O)N1Cc1ccccc1[N+](=O)[O-]. The third kappa shape index (κ3) is 5.28. The number of imide groups is 1. The van der Waals surface area contributed by atoms with Crippen LogP contribution < -0.4 is 4.74 Å². The molecule has 0 atom stereocenters. The van der Waals surface area contributed by atoms with E-state index in [1.807, 2.05) is 54.6 Å². The molecule has 0 spiro atoms. The van der Waals surface area contributed by atoms with Gasteiger partial charge in [0.05, 0.1) is 16.4 Å². The lowest BCUT2D eigenvalue weighted by Crippen LogP contribution is -2.27. The maximum absolute atomic E-state index is 13.1. The van der Waals surface area contributed by atoms with Crippen LogP contribution in [0.3, 0.4) is 0 Å². The molecule has 37 heavy (non-hydrogen) atoms. The van der Waals surface area contributed by atoms with Crippen molar-refractivity contribution < 1.29 is 19.2 Å². The molecule has 5 rings (SSSR count). The molecule has 1 fully saturated rings. The van der Waals surface area contributed by atoms with Crippen LogP contribution in [0.15, 0.2) is 94.3 Å². The topological polar surface area (TPSA) is 89.8 Å². The molecule has 1 aliphatic rings. The van der Waals surface area contributed by atoms with E-state index in [9.17, 15) is 19.7 Å². The highest BCUT2D eigenvalue weighted by Crippen LogP contribution is 2.36. The summed E-state index contributed by atoms with van der Waals surface area (Å²) < 4.78 is 6.95. The number of nitrogens with zero attached hydrogens (tertiary/aromatic N) is 2. The quantitative estimate of drug-likeness (QED) is 0.130. The Kier molecular flexibility index (Phi) is 7.07. The first-order chi connectivity index (χ1) is 17.9. The zero-order valence-corrected chi connectivity index (χ0v) is 21.7. The number of nitro benzene ring substituents is 1. The minimum atomic E-state index is -0.523. The van der Waals surface area contributed by atoms with Crippen LogP contribution in [0.5, 0.6) is 5.75 Å². The summed E-state index contributed by atoms with van der Waals surface area (Å²) in [6.45, 7) is 0.144. The van der Waals surface area contributed by atoms with Gasteiger partial charge in [-0.15, -0.1) is 0 Å². The Morgan fingerprint density at radius 3 is 2.51 bits per heavy atom. The largest absolute Gasteiger partial charge is 0.488 e. The first kappa shape index (κ1) is 24.7. The number of benzene rings is 4. The first-order valence-corrected chi connectivity index (χ1v) is 12.9. The van der Waals surface area contributed by atoms with Gasteiger partial charge in [-0.2, -0.15) is 0 Å². The minimum absolute atomic E-state index is 0.137. The fourth-order valence-corrected chi connectivity index (χ4v) is 5.32. The number of thioether (sulfide) groups is 1. The summed E-state index contributed by atoms with van der Waals surface area (Å²) in [6, 6.07) is 25.6. The van der Waals surface area contributed by atoms with Crippen LogP contribution in [-0.4, -0.2) is 21.0 Å². The van der Waals surface area contributed by atoms with Gasteiger partial charge >= 0.3 is 0 Å². The van der Waals surface area contributed by atoms with Gasteiger partial charge in [-0.05, 0) is 52.4 Å². The molecule has 1 saturated heterocycles. The van der Waals surface area contributed by atoms with Gasteiger partial charge in [0.2, 0.25) is 0 Å². The van der Waals surface area contributed by atoms with Crippen LogP contribution >= 0.6 is 27.7 Å². The van der Waals surface area contributed by atoms with Crippen molar-refractivity contribution in [3.8, 4) is 5.75 Å². The molecule has 7 nitrogen and oxygen atoms in total. The van der Waals surface area contributed by atoms with Gasteiger partial charge in [-0.1, -0.05) is 76.6 Å². The number of amides is 2. The average molecular weight is 575 g/mol. The maximum atomic E-state index is 13.1. The molecule has 0 bridgehead atoms. The normalized spacial score (nSPS) is 14.5. The molecule has 4 aromatic carbocycles. The van der Waals surface area contributed by atoms with Crippen molar-refractivity contribution in [3.63, 3.8) is 0 Å². The molecular weight excluding hydrogens is 556 g/mol. The summed E-state index contributed by atoms with van der Waals surface area (Å²) in [6.07, 6.45) is 1.62. The van der Waals surface area contributed by atoms with Crippen LogP contribution in [0.2, 0.25) is 0 Å².